The highest BCUT2D eigenvalue weighted by molar-refractivity contribution is 5.46. The van der Waals surface area contributed by atoms with Crippen LogP contribution in [0.15, 0.2) is 72.8 Å². The summed E-state index contributed by atoms with van der Waals surface area (Å²) >= 11 is 0. The van der Waals surface area contributed by atoms with Crippen LogP contribution in [0.4, 0.5) is 10.1 Å². The smallest absolute Gasteiger partial charge is 0.123 e. The van der Waals surface area contributed by atoms with Gasteiger partial charge in [0, 0.05) is 32.2 Å². The summed E-state index contributed by atoms with van der Waals surface area (Å²) in [5.74, 6) is 0.857. The van der Waals surface area contributed by atoms with E-state index in [1.54, 1.807) is 0 Å². The number of ether oxygens (including phenoxy) is 1. The molecule has 0 spiro atoms. The fraction of sp³-hybridized carbons (Fsp3) is 0.333. The average molecular weight is 421 g/mol. The maximum atomic E-state index is 13.5. The topological polar surface area (TPSA) is 24.5 Å². The van der Waals surface area contributed by atoms with Crippen LogP contribution in [0, 0.1) is 5.82 Å². The molecule has 1 atom stereocenters. The number of anilines is 1. The molecule has 3 aromatic rings. The largest absolute Gasteiger partial charge is 0.491 e. The first-order chi connectivity index (χ1) is 14.9. The molecule has 0 bridgehead atoms. The number of nitrogens with one attached hydrogen (secondary N) is 1. The van der Waals surface area contributed by atoms with Gasteiger partial charge in [0.05, 0.1) is 6.10 Å². The molecule has 31 heavy (non-hydrogen) atoms. The lowest BCUT2D eigenvalue weighted by atomic mass is 9.88. The van der Waals surface area contributed by atoms with E-state index in [9.17, 15) is 4.39 Å². The molecule has 3 rings (SSSR count). The van der Waals surface area contributed by atoms with Crippen molar-refractivity contribution in [3.05, 3.63) is 95.3 Å². The van der Waals surface area contributed by atoms with Crippen molar-refractivity contribution < 1.29 is 9.13 Å². The van der Waals surface area contributed by atoms with Crippen LogP contribution in [0.1, 0.15) is 42.9 Å². The molecular weight excluding hydrogens is 387 g/mol. The molecule has 3 aromatic carbocycles. The second-order valence-corrected chi connectivity index (χ2v) is 8.37. The lowest BCUT2D eigenvalue weighted by Gasteiger charge is -2.20. The van der Waals surface area contributed by atoms with Crippen LogP contribution >= 0.6 is 0 Å². The molecule has 0 amide bonds. The second-order valence-electron chi connectivity index (χ2n) is 8.37. The van der Waals surface area contributed by atoms with E-state index in [1.807, 2.05) is 52.2 Å². The van der Waals surface area contributed by atoms with Crippen LogP contribution in [0.25, 0.3) is 0 Å². The minimum atomic E-state index is -0.206. The molecule has 0 saturated heterocycles. The Morgan fingerprint density at radius 2 is 1.42 bits per heavy atom. The summed E-state index contributed by atoms with van der Waals surface area (Å²) in [6, 6.07) is 23.7. The van der Waals surface area contributed by atoms with Gasteiger partial charge in [0.2, 0.25) is 0 Å². The number of benzene rings is 3. The molecule has 0 radical (unpaired) electrons. The van der Waals surface area contributed by atoms with Gasteiger partial charge in [0.1, 0.15) is 11.6 Å². The van der Waals surface area contributed by atoms with E-state index < -0.39 is 0 Å². The van der Waals surface area contributed by atoms with Gasteiger partial charge >= 0.3 is 0 Å². The van der Waals surface area contributed by atoms with Crippen molar-refractivity contribution in [2.75, 3.05) is 25.5 Å². The van der Waals surface area contributed by atoms with Crippen molar-refractivity contribution in [1.82, 2.24) is 5.32 Å². The van der Waals surface area contributed by atoms with Crippen molar-refractivity contribution in [3.63, 3.8) is 0 Å². The lowest BCUT2D eigenvalue weighted by Crippen LogP contribution is -2.18. The zero-order chi connectivity index (χ0) is 22.2. The van der Waals surface area contributed by atoms with Crippen LogP contribution < -0.4 is 15.0 Å². The Hall–Kier alpha value is -2.85. The quantitative estimate of drug-likeness (QED) is 0.408. The first-order valence-corrected chi connectivity index (χ1v) is 10.9. The van der Waals surface area contributed by atoms with Gasteiger partial charge in [-0.15, -0.1) is 0 Å². The number of nitrogens with zero attached hydrogens (tertiary/aromatic N) is 1. The van der Waals surface area contributed by atoms with Crippen molar-refractivity contribution in [2.24, 2.45) is 0 Å². The Kier molecular flexibility index (Phi) is 8.07. The van der Waals surface area contributed by atoms with E-state index in [1.165, 1.54) is 28.9 Å². The van der Waals surface area contributed by atoms with Gasteiger partial charge in [-0.25, -0.2) is 4.39 Å². The molecule has 4 heteroatoms. The van der Waals surface area contributed by atoms with Gasteiger partial charge in [0.25, 0.3) is 0 Å². The van der Waals surface area contributed by atoms with Crippen LogP contribution in [0.2, 0.25) is 0 Å². The Labute approximate surface area is 185 Å². The van der Waals surface area contributed by atoms with E-state index in [0.717, 1.165) is 30.8 Å². The summed E-state index contributed by atoms with van der Waals surface area (Å²) < 4.78 is 19.2. The zero-order valence-corrected chi connectivity index (χ0v) is 18.9. The summed E-state index contributed by atoms with van der Waals surface area (Å²) in [6.45, 7) is 5.73. The molecule has 3 nitrogen and oxygen atoms in total. The molecule has 0 unspecified atom stereocenters. The van der Waals surface area contributed by atoms with Gasteiger partial charge in [-0.3, -0.25) is 0 Å². The monoisotopic (exact) mass is 420 g/mol. The predicted molar refractivity (Wildman–Crippen MR) is 128 cm³/mol. The Morgan fingerprint density at radius 1 is 0.839 bits per heavy atom. The maximum absolute atomic E-state index is 13.5. The summed E-state index contributed by atoms with van der Waals surface area (Å²) in [7, 11) is 4.09. The molecular formula is C27H33FN2O. The van der Waals surface area contributed by atoms with Gasteiger partial charge in [-0.2, -0.15) is 0 Å². The number of hydrogen-bond donors (Lipinski definition) is 1. The molecule has 164 valence electrons. The van der Waals surface area contributed by atoms with E-state index in [0.29, 0.717) is 0 Å². The molecule has 0 heterocycles. The molecule has 0 saturated carbocycles. The van der Waals surface area contributed by atoms with Crippen molar-refractivity contribution in [2.45, 2.75) is 38.8 Å². The fourth-order valence-electron chi connectivity index (χ4n) is 3.66. The van der Waals surface area contributed by atoms with Crippen molar-refractivity contribution >= 4 is 5.69 Å². The molecule has 0 aliphatic rings. The number of halogens is 1. The van der Waals surface area contributed by atoms with E-state index in [4.69, 9.17) is 4.74 Å². The third-order valence-corrected chi connectivity index (χ3v) is 5.32. The predicted octanol–water partition coefficient (Wildman–Crippen LogP) is 5.99. The number of rotatable bonds is 10. The third-order valence-electron chi connectivity index (χ3n) is 5.32. The van der Waals surface area contributed by atoms with Crippen molar-refractivity contribution in [1.29, 1.82) is 0 Å². The Morgan fingerprint density at radius 3 is 1.97 bits per heavy atom. The zero-order valence-electron chi connectivity index (χ0n) is 18.9. The van der Waals surface area contributed by atoms with Gasteiger partial charge in [-0.1, -0.05) is 36.4 Å². The third kappa shape index (κ3) is 6.83. The van der Waals surface area contributed by atoms with Gasteiger partial charge < -0.3 is 15.0 Å². The highest BCUT2D eigenvalue weighted by Gasteiger charge is 2.15. The van der Waals surface area contributed by atoms with Crippen molar-refractivity contribution in [3.8, 4) is 5.75 Å². The van der Waals surface area contributed by atoms with E-state index in [-0.39, 0.29) is 17.8 Å². The van der Waals surface area contributed by atoms with Crippen LogP contribution in [-0.4, -0.2) is 26.7 Å². The van der Waals surface area contributed by atoms with Gasteiger partial charge in [-0.05, 0) is 79.9 Å². The highest BCUT2D eigenvalue weighted by atomic mass is 19.1. The van der Waals surface area contributed by atoms with Gasteiger partial charge in [0.15, 0.2) is 0 Å². The number of hydrogen-bond acceptors (Lipinski definition) is 3. The summed E-state index contributed by atoms with van der Waals surface area (Å²) in [4.78, 5) is 2.10. The maximum Gasteiger partial charge on any atom is 0.123 e. The van der Waals surface area contributed by atoms with Crippen LogP contribution in [0.5, 0.6) is 5.75 Å². The molecule has 1 N–H and O–H groups in total. The summed E-state index contributed by atoms with van der Waals surface area (Å²) in [5.41, 5.74) is 4.79. The van der Waals surface area contributed by atoms with E-state index >= 15 is 0 Å². The Balaban J connectivity index is 1.65. The summed E-state index contributed by atoms with van der Waals surface area (Å²) in [5, 5.41) is 3.56. The molecule has 0 aliphatic heterocycles. The van der Waals surface area contributed by atoms with Crippen LogP contribution in [0.3, 0.4) is 0 Å². The SMILES string of the molecule is CC(C)Oc1ccc([C@H](CCNCc2ccc(N(C)C)cc2)c2ccc(F)cc2)cc1. The minimum absolute atomic E-state index is 0.148. The summed E-state index contributed by atoms with van der Waals surface area (Å²) in [6.07, 6.45) is 1.07. The second kappa shape index (κ2) is 11.0. The van der Waals surface area contributed by atoms with Crippen LogP contribution in [-0.2, 0) is 6.54 Å². The minimum Gasteiger partial charge on any atom is -0.491 e. The molecule has 0 aliphatic carbocycles. The standard InChI is InChI=1S/C27H33FN2O/c1-20(2)31-26-15-9-23(10-16-26)27(22-7-11-24(28)12-8-22)17-18-29-19-21-5-13-25(14-6-21)30(3)4/h5-16,20,27,29H,17-19H2,1-4H3/t27-/m1/s1. The first kappa shape index (κ1) is 22.8. The first-order valence-electron chi connectivity index (χ1n) is 10.9. The highest BCUT2D eigenvalue weighted by Crippen LogP contribution is 2.29. The lowest BCUT2D eigenvalue weighted by molar-refractivity contribution is 0.242. The average Bonchev–Trinajstić information content (AvgIpc) is 2.75. The fourth-order valence-corrected chi connectivity index (χ4v) is 3.66. The Bertz CT molecular complexity index is 919. The molecule has 0 fully saturated rings. The molecule has 0 aromatic heterocycles. The normalized spacial score (nSPS) is 12.1. The van der Waals surface area contributed by atoms with E-state index in [2.05, 4.69) is 46.6 Å².